The Bertz CT molecular complexity index is 258. The smallest absolute Gasteiger partial charge is 0.253 e. The normalized spacial score (nSPS) is 11.6. The summed E-state index contributed by atoms with van der Waals surface area (Å²) in [5.74, 6) is 0. The van der Waals surface area contributed by atoms with Crippen LogP contribution in [0.2, 0.25) is 0 Å². The van der Waals surface area contributed by atoms with Gasteiger partial charge in [0.25, 0.3) is 0 Å². The van der Waals surface area contributed by atoms with Gasteiger partial charge in [-0.2, -0.15) is 13.2 Å². The van der Waals surface area contributed by atoms with Crippen LogP contribution in [0.15, 0.2) is 16.7 Å². The predicted octanol–water partition coefficient (Wildman–Crippen LogP) is 2.66. The monoisotopic (exact) mass is 224 g/mol. The number of pyridine rings is 1. The van der Waals surface area contributed by atoms with Crippen LogP contribution in [0.3, 0.4) is 0 Å². The summed E-state index contributed by atoms with van der Waals surface area (Å²) in [6.45, 7) is 0. The van der Waals surface area contributed by atoms with Crippen LogP contribution in [0.1, 0.15) is 5.56 Å². The van der Waals surface area contributed by atoms with Crippen molar-refractivity contribution in [3.05, 3.63) is 28.5 Å². The van der Waals surface area contributed by atoms with Gasteiger partial charge in [0.2, 0.25) is 0 Å². The van der Waals surface area contributed by atoms with Crippen molar-refractivity contribution in [1.29, 1.82) is 0 Å². The topological polar surface area (TPSA) is 12.9 Å². The second-order valence-corrected chi connectivity index (χ2v) is 2.73. The largest absolute Gasteiger partial charge is 0.418 e. The highest BCUT2D eigenvalue weighted by Gasteiger charge is 2.31. The Labute approximate surface area is 69.4 Å². The first kappa shape index (κ1) is 8.52. The minimum Gasteiger partial charge on any atom is -0.253 e. The Balaban J connectivity index is 3.06. The molecule has 0 aliphatic rings. The molecule has 1 heterocycles. The number of nitrogens with zero attached hydrogens (tertiary/aromatic N) is 1. The molecule has 0 N–H and O–H groups in total. The molecule has 0 unspecified atom stereocenters. The molecule has 11 heavy (non-hydrogen) atoms. The van der Waals surface area contributed by atoms with Crippen LogP contribution in [0.4, 0.5) is 13.2 Å². The Morgan fingerprint density at radius 1 is 1.45 bits per heavy atom. The van der Waals surface area contributed by atoms with Gasteiger partial charge in [0.15, 0.2) is 0 Å². The molecule has 1 aromatic rings. The summed E-state index contributed by atoms with van der Waals surface area (Å²) >= 11 is 2.87. The highest BCUT2D eigenvalue weighted by molar-refractivity contribution is 9.10. The van der Waals surface area contributed by atoms with Crippen LogP contribution in [0.5, 0.6) is 0 Å². The van der Waals surface area contributed by atoms with Gasteiger partial charge in [-0.15, -0.1) is 0 Å². The van der Waals surface area contributed by atoms with Crippen LogP contribution in [0.25, 0.3) is 0 Å². The lowest BCUT2D eigenvalue weighted by Gasteiger charge is -2.03. The van der Waals surface area contributed by atoms with Crippen molar-refractivity contribution in [2.45, 2.75) is 6.18 Å². The summed E-state index contributed by atoms with van der Waals surface area (Å²) < 4.78 is 35.9. The third kappa shape index (κ3) is 2.18. The first-order valence-corrected chi connectivity index (χ1v) is 3.40. The van der Waals surface area contributed by atoms with E-state index in [4.69, 9.17) is 0 Å². The fraction of sp³-hybridized carbons (Fsp3) is 0.167. The van der Waals surface area contributed by atoms with E-state index in [-0.39, 0.29) is 0 Å². The van der Waals surface area contributed by atoms with Crippen molar-refractivity contribution < 1.29 is 13.2 Å². The van der Waals surface area contributed by atoms with E-state index < -0.39 is 11.7 Å². The number of rotatable bonds is 0. The maximum atomic E-state index is 11.9. The van der Waals surface area contributed by atoms with Crippen molar-refractivity contribution >= 4 is 15.9 Å². The van der Waals surface area contributed by atoms with Crippen LogP contribution in [-0.2, 0) is 6.18 Å². The maximum Gasteiger partial charge on any atom is 0.418 e. The first-order chi connectivity index (χ1) is 5.00. The molecule has 0 aliphatic carbocycles. The van der Waals surface area contributed by atoms with Gasteiger partial charge in [0.1, 0.15) is 6.20 Å². The van der Waals surface area contributed by atoms with Gasteiger partial charge in [-0.25, -0.2) is 0 Å². The molecule has 1 aromatic heterocycles. The average Bonchev–Trinajstić information content (AvgIpc) is 1.86. The second kappa shape index (κ2) is 2.81. The first-order valence-electron chi connectivity index (χ1n) is 2.60. The van der Waals surface area contributed by atoms with Gasteiger partial charge >= 0.3 is 6.18 Å². The molecular weight excluding hydrogens is 223 g/mol. The number of hydrogen-bond donors (Lipinski definition) is 0. The Morgan fingerprint density at radius 2 is 2.09 bits per heavy atom. The van der Waals surface area contributed by atoms with Crippen LogP contribution in [-0.4, -0.2) is 4.98 Å². The predicted molar refractivity (Wildman–Crippen MR) is 35.8 cm³/mol. The molecule has 0 saturated heterocycles. The van der Waals surface area contributed by atoms with Gasteiger partial charge in [-0.3, -0.25) is 4.98 Å². The Hall–Kier alpha value is -0.580. The third-order valence-electron chi connectivity index (χ3n) is 0.961. The quantitative estimate of drug-likeness (QED) is 0.661. The van der Waals surface area contributed by atoms with E-state index in [1.54, 1.807) is 0 Å². The molecule has 5 heteroatoms. The van der Waals surface area contributed by atoms with E-state index in [2.05, 4.69) is 20.9 Å². The van der Waals surface area contributed by atoms with Crippen LogP contribution < -0.4 is 0 Å². The molecule has 0 fully saturated rings. The number of alkyl halides is 3. The van der Waals surface area contributed by atoms with E-state index in [1.807, 2.05) is 6.20 Å². The molecule has 1 radical (unpaired) electrons. The van der Waals surface area contributed by atoms with Crippen LogP contribution >= 0.6 is 15.9 Å². The zero-order chi connectivity index (χ0) is 8.48. The molecule has 0 amide bonds. The van der Waals surface area contributed by atoms with Crippen molar-refractivity contribution in [3.63, 3.8) is 0 Å². The fourth-order valence-corrected chi connectivity index (χ4v) is 0.847. The van der Waals surface area contributed by atoms with E-state index in [0.29, 0.717) is 4.47 Å². The zero-order valence-electron chi connectivity index (χ0n) is 5.11. The van der Waals surface area contributed by atoms with E-state index in [1.165, 1.54) is 6.20 Å². The molecule has 0 atom stereocenters. The van der Waals surface area contributed by atoms with Crippen molar-refractivity contribution in [2.24, 2.45) is 0 Å². The van der Waals surface area contributed by atoms with Crippen molar-refractivity contribution in [3.8, 4) is 0 Å². The van der Waals surface area contributed by atoms with E-state index >= 15 is 0 Å². The Kier molecular flexibility index (Phi) is 2.17. The molecule has 0 aromatic carbocycles. The molecule has 1 rings (SSSR count). The van der Waals surface area contributed by atoms with E-state index in [9.17, 15) is 13.2 Å². The summed E-state index contributed by atoms with van der Waals surface area (Å²) in [7, 11) is 0. The lowest BCUT2D eigenvalue weighted by Crippen LogP contribution is -2.05. The molecule has 59 valence electrons. The minimum absolute atomic E-state index is 0.295. The van der Waals surface area contributed by atoms with Gasteiger partial charge in [-0.1, -0.05) is 0 Å². The molecule has 1 nitrogen and oxygen atoms in total. The Morgan fingerprint density at radius 3 is 2.45 bits per heavy atom. The van der Waals surface area contributed by atoms with Gasteiger partial charge in [0, 0.05) is 10.7 Å². The number of aromatic nitrogens is 1. The second-order valence-electron chi connectivity index (χ2n) is 1.81. The van der Waals surface area contributed by atoms with Crippen molar-refractivity contribution in [2.75, 3.05) is 0 Å². The molecule has 0 saturated carbocycles. The van der Waals surface area contributed by atoms with Crippen molar-refractivity contribution in [1.82, 2.24) is 4.98 Å². The lowest BCUT2D eigenvalue weighted by atomic mass is 10.3. The summed E-state index contributed by atoms with van der Waals surface area (Å²) in [4.78, 5) is 3.26. The minimum atomic E-state index is -4.36. The summed E-state index contributed by atoms with van der Waals surface area (Å²) in [5.41, 5.74) is -0.869. The molecule has 0 aliphatic heterocycles. The van der Waals surface area contributed by atoms with Gasteiger partial charge in [0.05, 0.1) is 5.56 Å². The fourth-order valence-electron chi connectivity index (χ4n) is 0.516. The lowest BCUT2D eigenvalue weighted by molar-refractivity contribution is -0.138. The highest BCUT2D eigenvalue weighted by atomic mass is 79.9. The molecule has 0 spiro atoms. The number of hydrogen-bond acceptors (Lipinski definition) is 1. The average molecular weight is 225 g/mol. The standard InChI is InChI=1S/C6H2BrF3N/c7-5-1-4(2-11-3-5)6(8,9)10/h1,3H. The SMILES string of the molecule is FC(F)(F)c1[c]ncc(Br)c1. The van der Waals surface area contributed by atoms with E-state index in [0.717, 1.165) is 6.07 Å². The third-order valence-corrected chi connectivity index (χ3v) is 1.39. The maximum absolute atomic E-state index is 11.9. The highest BCUT2D eigenvalue weighted by Crippen LogP contribution is 2.29. The van der Waals surface area contributed by atoms with Gasteiger partial charge < -0.3 is 0 Å². The molecular formula is C6H2BrF3N. The van der Waals surface area contributed by atoms with Crippen LogP contribution in [0, 0.1) is 6.20 Å². The zero-order valence-corrected chi connectivity index (χ0v) is 6.70. The number of halogens is 4. The summed E-state index contributed by atoms with van der Waals surface area (Å²) in [6, 6.07) is 0.924. The summed E-state index contributed by atoms with van der Waals surface area (Å²) in [6.07, 6.45) is -1.27. The van der Waals surface area contributed by atoms with Gasteiger partial charge in [-0.05, 0) is 22.0 Å². The molecule has 0 bridgehead atoms. The summed E-state index contributed by atoms with van der Waals surface area (Å²) in [5, 5.41) is 0.